The summed E-state index contributed by atoms with van der Waals surface area (Å²) in [6.45, 7) is 1.80. The molecule has 4 aromatic rings. The zero-order valence-corrected chi connectivity index (χ0v) is 14.2. The number of anilines is 2. The van der Waals surface area contributed by atoms with E-state index in [1.807, 2.05) is 0 Å². The molecular weight excluding hydrogens is 361 g/mol. The third-order valence-corrected chi connectivity index (χ3v) is 3.87. The summed E-state index contributed by atoms with van der Waals surface area (Å²) in [5.41, 5.74) is 0.332. The van der Waals surface area contributed by atoms with Gasteiger partial charge in [-0.05, 0) is 19.1 Å². The van der Waals surface area contributed by atoms with Crippen LogP contribution in [0.5, 0.6) is 0 Å². The lowest BCUT2D eigenvalue weighted by atomic mass is 10.2. The van der Waals surface area contributed by atoms with Crippen molar-refractivity contribution in [2.75, 3.05) is 5.32 Å². The van der Waals surface area contributed by atoms with Crippen LogP contribution in [0.25, 0.3) is 11.0 Å². The lowest BCUT2D eigenvalue weighted by molar-refractivity contribution is 0.0284. The molecule has 0 fully saturated rings. The van der Waals surface area contributed by atoms with Crippen LogP contribution in [-0.4, -0.2) is 34.9 Å². The Morgan fingerprint density at radius 2 is 2.00 bits per heavy atom. The van der Waals surface area contributed by atoms with E-state index in [1.54, 1.807) is 20.0 Å². The van der Waals surface area contributed by atoms with E-state index in [2.05, 4.69) is 35.6 Å². The Bertz CT molecular complexity index is 1120. The van der Waals surface area contributed by atoms with Crippen molar-refractivity contribution in [3.63, 3.8) is 0 Å². The normalized spacial score (nSPS) is 11.9. The second-order valence-corrected chi connectivity index (χ2v) is 5.90. The Hall–Kier alpha value is -3.50. The molecular formula is C16H13F3N8. The molecule has 0 saturated carbocycles. The number of halogens is 3. The minimum atomic E-state index is -3.63. The molecule has 4 aromatic heterocycles. The zero-order valence-electron chi connectivity index (χ0n) is 14.2. The van der Waals surface area contributed by atoms with Crippen LogP contribution in [0, 0.1) is 12.7 Å². The molecule has 4 heterocycles. The van der Waals surface area contributed by atoms with Crippen LogP contribution in [0.3, 0.4) is 0 Å². The number of hydrogen-bond donors (Lipinski definition) is 2. The molecule has 0 aliphatic carbocycles. The molecule has 0 spiro atoms. The minimum absolute atomic E-state index is 0.122. The zero-order chi connectivity index (χ0) is 19.2. The lowest BCUT2D eigenvalue weighted by Gasteiger charge is -2.15. The van der Waals surface area contributed by atoms with Gasteiger partial charge in [0.25, 0.3) is 0 Å². The van der Waals surface area contributed by atoms with Crippen molar-refractivity contribution < 1.29 is 13.2 Å². The molecule has 0 radical (unpaired) electrons. The number of hydrogen-bond acceptors (Lipinski definition) is 6. The predicted molar refractivity (Wildman–Crippen MR) is 90.1 cm³/mol. The first-order valence-electron chi connectivity index (χ1n) is 7.83. The second kappa shape index (κ2) is 6.04. The Morgan fingerprint density at radius 1 is 1.19 bits per heavy atom. The van der Waals surface area contributed by atoms with Crippen LogP contribution in [-0.2, 0) is 13.0 Å². The summed E-state index contributed by atoms with van der Waals surface area (Å²) in [7, 11) is 1.58. The molecule has 4 rings (SSSR count). The molecule has 27 heavy (non-hydrogen) atoms. The van der Waals surface area contributed by atoms with E-state index < -0.39 is 23.3 Å². The molecule has 2 N–H and O–H groups in total. The summed E-state index contributed by atoms with van der Waals surface area (Å²) in [5.74, 6) is -4.60. The molecule has 8 nitrogen and oxygen atoms in total. The van der Waals surface area contributed by atoms with Gasteiger partial charge in [-0.2, -0.15) is 19.0 Å². The van der Waals surface area contributed by atoms with Crippen LogP contribution < -0.4 is 5.32 Å². The summed E-state index contributed by atoms with van der Waals surface area (Å²) in [6, 6.07) is 3.50. The van der Waals surface area contributed by atoms with Crippen molar-refractivity contribution in [2.45, 2.75) is 12.8 Å². The second-order valence-electron chi connectivity index (χ2n) is 5.90. The highest BCUT2D eigenvalue weighted by Gasteiger charge is 2.40. The largest absolute Gasteiger partial charge is 0.348 e. The van der Waals surface area contributed by atoms with Gasteiger partial charge in [0.1, 0.15) is 17.3 Å². The van der Waals surface area contributed by atoms with Gasteiger partial charge in [0.05, 0.1) is 17.8 Å². The van der Waals surface area contributed by atoms with Crippen LogP contribution in [0.2, 0.25) is 0 Å². The van der Waals surface area contributed by atoms with E-state index >= 15 is 0 Å². The maximum absolute atomic E-state index is 14.9. The molecule has 0 unspecified atom stereocenters. The summed E-state index contributed by atoms with van der Waals surface area (Å²) < 4.78 is 44.2. The monoisotopic (exact) mass is 374 g/mol. The average Bonchev–Trinajstić information content (AvgIpc) is 3.21. The van der Waals surface area contributed by atoms with Crippen LogP contribution in [0.1, 0.15) is 17.2 Å². The van der Waals surface area contributed by atoms with Gasteiger partial charge in [-0.25, -0.2) is 14.4 Å². The highest BCUT2D eigenvalue weighted by Crippen LogP contribution is 2.34. The maximum atomic E-state index is 14.9. The van der Waals surface area contributed by atoms with Crippen LogP contribution in [0.4, 0.5) is 24.8 Å². The minimum Gasteiger partial charge on any atom is -0.323 e. The molecule has 0 aliphatic heterocycles. The van der Waals surface area contributed by atoms with E-state index in [0.29, 0.717) is 11.2 Å². The molecule has 0 amide bonds. The average molecular weight is 374 g/mol. The van der Waals surface area contributed by atoms with Gasteiger partial charge < -0.3 is 5.32 Å². The number of nitrogens with zero attached hydrogens (tertiary/aromatic N) is 6. The van der Waals surface area contributed by atoms with E-state index in [0.717, 1.165) is 24.0 Å². The van der Waals surface area contributed by atoms with Crippen LogP contribution >= 0.6 is 0 Å². The van der Waals surface area contributed by atoms with Gasteiger partial charge in [0.15, 0.2) is 11.5 Å². The highest BCUT2D eigenvalue weighted by atomic mass is 19.3. The number of fused-ring (bicyclic) bond motifs is 1. The summed E-state index contributed by atoms with van der Waals surface area (Å²) in [4.78, 5) is 11.4. The van der Waals surface area contributed by atoms with Crippen molar-refractivity contribution in [2.24, 2.45) is 7.05 Å². The Labute approximate surface area is 150 Å². The molecule has 11 heteroatoms. The standard InChI is InChI=1S/C16H13F3N8/c1-8-5-12(26-25-8)22-13-10-7-21-27(2)14(10)24-15(23-13)16(18,19)11-4-3-9(17)6-20-11/h3-7H,1-2H3,(H2,22,23,24,25,26). The number of rotatable bonds is 4. The van der Waals surface area contributed by atoms with Gasteiger partial charge >= 0.3 is 5.92 Å². The first kappa shape index (κ1) is 16.9. The fourth-order valence-corrected chi connectivity index (χ4v) is 2.54. The summed E-state index contributed by atoms with van der Waals surface area (Å²) in [6.07, 6.45) is 2.19. The van der Waals surface area contributed by atoms with Gasteiger partial charge in [-0.15, -0.1) is 0 Å². The third kappa shape index (κ3) is 2.96. The van der Waals surface area contributed by atoms with Gasteiger partial charge in [-0.3, -0.25) is 14.8 Å². The maximum Gasteiger partial charge on any atom is 0.348 e. The first-order chi connectivity index (χ1) is 12.8. The molecule has 0 aromatic carbocycles. The number of aryl methyl sites for hydroxylation is 2. The van der Waals surface area contributed by atoms with Crippen molar-refractivity contribution >= 4 is 22.7 Å². The topological polar surface area (TPSA) is 97.2 Å². The summed E-state index contributed by atoms with van der Waals surface area (Å²) >= 11 is 0. The van der Waals surface area contributed by atoms with E-state index in [1.165, 1.54) is 10.9 Å². The number of nitrogens with one attached hydrogen (secondary N) is 2. The Morgan fingerprint density at radius 3 is 2.67 bits per heavy atom. The Balaban J connectivity index is 1.85. The molecule has 0 saturated heterocycles. The summed E-state index contributed by atoms with van der Waals surface area (Å²) in [5, 5.41) is 14.2. The van der Waals surface area contributed by atoms with Crippen molar-refractivity contribution in [3.8, 4) is 0 Å². The number of aromatic amines is 1. The molecule has 0 bridgehead atoms. The number of H-pyrrole nitrogens is 1. The quantitative estimate of drug-likeness (QED) is 0.570. The number of aromatic nitrogens is 7. The number of pyridine rings is 1. The lowest BCUT2D eigenvalue weighted by Crippen LogP contribution is -2.21. The van der Waals surface area contributed by atoms with Gasteiger partial charge in [-0.1, -0.05) is 0 Å². The van der Waals surface area contributed by atoms with Crippen molar-refractivity contribution in [3.05, 3.63) is 53.6 Å². The fraction of sp³-hybridized carbons (Fsp3) is 0.188. The van der Waals surface area contributed by atoms with Gasteiger partial charge in [0.2, 0.25) is 5.82 Å². The molecule has 0 atom stereocenters. The molecule has 0 aliphatic rings. The fourth-order valence-electron chi connectivity index (χ4n) is 2.54. The SMILES string of the molecule is Cc1cc(Nc2nc(C(F)(F)c3ccc(F)cn3)nc3c2cnn3C)n[nH]1. The Kier molecular flexibility index (Phi) is 3.79. The smallest absolute Gasteiger partial charge is 0.323 e. The van der Waals surface area contributed by atoms with Crippen LogP contribution in [0.15, 0.2) is 30.6 Å². The van der Waals surface area contributed by atoms with E-state index in [9.17, 15) is 13.2 Å². The van der Waals surface area contributed by atoms with Crippen molar-refractivity contribution in [1.82, 2.24) is 34.9 Å². The van der Waals surface area contributed by atoms with E-state index in [4.69, 9.17) is 0 Å². The predicted octanol–water partition coefficient (Wildman–Crippen LogP) is 2.81. The van der Waals surface area contributed by atoms with Crippen molar-refractivity contribution in [1.29, 1.82) is 0 Å². The number of alkyl halides is 2. The van der Waals surface area contributed by atoms with Gasteiger partial charge in [0, 0.05) is 18.8 Å². The molecule has 138 valence electrons. The van der Waals surface area contributed by atoms with E-state index in [-0.39, 0.29) is 11.5 Å². The first-order valence-corrected chi connectivity index (χ1v) is 7.83. The third-order valence-electron chi connectivity index (χ3n) is 3.87. The highest BCUT2D eigenvalue weighted by molar-refractivity contribution is 5.88.